The second-order valence-electron chi connectivity index (χ2n) is 3.42. The fourth-order valence-electron chi connectivity index (χ4n) is 1.59. The molecule has 8 N–H and O–H groups in total. The van der Waals surface area contributed by atoms with Crippen molar-refractivity contribution in [3.8, 4) is 0 Å². The van der Waals surface area contributed by atoms with Crippen LogP contribution in [0.15, 0.2) is 0 Å². The average molecular weight is 279 g/mol. The summed E-state index contributed by atoms with van der Waals surface area (Å²) in [4.78, 5) is 35.4. The molecule has 98 valence electrons. The summed E-state index contributed by atoms with van der Waals surface area (Å²) >= 11 is 0. The minimum Gasteiger partial charge on any atom is -0.412 e. The highest BCUT2D eigenvalue weighted by Crippen LogP contribution is 2.69. The smallest absolute Gasteiger partial charge is 0.371 e. The van der Waals surface area contributed by atoms with Crippen LogP contribution >= 0.6 is 15.2 Å². The van der Waals surface area contributed by atoms with Gasteiger partial charge < -0.3 is 35.5 Å². The van der Waals surface area contributed by atoms with E-state index in [0.29, 0.717) is 13.0 Å². The van der Waals surface area contributed by atoms with Crippen molar-refractivity contribution in [2.45, 2.75) is 24.0 Å². The Bertz CT molecular complexity index is 305. The molecule has 0 amide bonds. The molecule has 0 spiro atoms. The third-order valence-electron chi connectivity index (χ3n) is 2.39. The molecular formula is C5H15NO8P2. The normalized spacial score (nSPS) is 22.9. The van der Waals surface area contributed by atoms with Crippen molar-refractivity contribution in [1.82, 2.24) is 5.32 Å². The minimum absolute atomic E-state index is 0. The van der Waals surface area contributed by atoms with Crippen LogP contribution in [-0.2, 0) is 9.13 Å². The zero-order valence-electron chi connectivity index (χ0n) is 8.15. The van der Waals surface area contributed by atoms with E-state index >= 15 is 0 Å². The Morgan fingerprint density at radius 1 is 1.12 bits per heavy atom. The molecule has 16 heavy (non-hydrogen) atoms. The Kier molecular flexibility index (Phi) is 4.87. The van der Waals surface area contributed by atoms with Gasteiger partial charge >= 0.3 is 15.2 Å². The lowest BCUT2D eigenvalue weighted by Crippen LogP contribution is -2.47. The molecule has 0 aliphatic carbocycles. The summed E-state index contributed by atoms with van der Waals surface area (Å²) < 4.78 is 22.0. The highest BCUT2D eigenvalue weighted by Gasteiger charge is 2.64. The molecule has 0 aromatic rings. The molecule has 0 bridgehead atoms. The van der Waals surface area contributed by atoms with E-state index in [1.807, 2.05) is 0 Å². The summed E-state index contributed by atoms with van der Waals surface area (Å²) in [5, 5.41) is 8.75. The molecule has 0 saturated carbocycles. The van der Waals surface area contributed by atoms with Crippen molar-refractivity contribution in [3.63, 3.8) is 0 Å². The molecule has 0 aromatic carbocycles. The van der Waals surface area contributed by atoms with Gasteiger partial charge in [-0.3, -0.25) is 9.13 Å². The van der Waals surface area contributed by atoms with E-state index in [-0.39, 0.29) is 11.9 Å². The van der Waals surface area contributed by atoms with Crippen LogP contribution in [0.25, 0.3) is 0 Å². The first-order valence-electron chi connectivity index (χ1n) is 4.18. The van der Waals surface area contributed by atoms with Gasteiger partial charge in [-0.15, -0.1) is 0 Å². The van der Waals surface area contributed by atoms with Crippen LogP contribution in [0.1, 0.15) is 12.8 Å². The van der Waals surface area contributed by atoms with Crippen LogP contribution in [-0.4, -0.2) is 47.8 Å². The van der Waals surface area contributed by atoms with Crippen molar-refractivity contribution < 1.29 is 39.3 Å². The molecule has 1 heterocycles. The van der Waals surface area contributed by atoms with Crippen LogP contribution < -0.4 is 5.32 Å². The van der Waals surface area contributed by atoms with Crippen molar-refractivity contribution in [3.05, 3.63) is 0 Å². The molecule has 1 aliphatic rings. The average Bonchev–Trinajstić information content (AvgIpc) is 2.49. The van der Waals surface area contributed by atoms with Crippen molar-refractivity contribution >= 4 is 15.2 Å². The van der Waals surface area contributed by atoms with Crippen molar-refractivity contribution in [2.24, 2.45) is 0 Å². The molecule has 0 radical (unpaired) electrons. The first-order valence-corrected chi connectivity index (χ1v) is 7.40. The van der Waals surface area contributed by atoms with Crippen LogP contribution in [0.2, 0.25) is 0 Å². The maximum absolute atomic E-state index is 11.0. The molecule has 11 heteroatoms. The van der Waals surface area contributed by atoms with Gasteiger partial charge in [0.1, 0.15) is 0 Å². The topological polar surface area (TPSA) is 179 Å². The summed E-state index contributed by atoms with van der Waals surface area (Å²) in [5.41, 5.74) is 0. The quantitative estimate of drug-likeness (QED) is 0.318. The molecular weight excluding hydrogens is 264 g/mol. The number of hydrogen-bond acceptors (Lipinski definition) is 4. The Hall–Kier alpha value is 0.180. The SMILES string of the molecule is O.O=P(O)(O)C(O)(C1CCCN1)P(=O)(O)O. The van der Waals surface area contributed by atoms with Gasteiger partial charge in [-0.25, -0.2) is 0 Å². The van der Waals surface area contributed by atoms with Gasteiger partial charge in [-0.2, -0.15) is 0 Å². The van der Waals surface area contributed by atoms with Gasteiger partial charge in [0.15, 0.2) is 0 Å². The summed E-state index contributed by atoms with van der Waals surface area (Å²) in [7, 11) is -10.7. The summed E-state index contributed by atoms with van der Waals surface area (Å²) in [5.74, 6) is 0. The first-order chi connectivity index (χ1) is 6.61. The third kappa shape index (κ3) is 2.53. The predicted octanol–water partition coefficient (Wildman–Crippen LogP) is -2.08. The highest BCUT2D eigenvalue weighted by atomic mass is 31.2. The predicted molar refractivity (Wildman–Crippen MR) is 53.7 cm³/mol. The molecule has 1 fully saturated rings. The monoisotopic (exact) mass is 279 g/mol. The van der Waals surface area contributed by atoms with E-state index in [1.54, 1.807) is 0 Å². The number of aliphatic hydroxyl groups is 1. The van der Waals surface area contributed by atoms with Gasteiger partial charge in [0.25, 0.3) is 5.08 Å². The van der Waals surface area contributed by atoms with E-state index in [4.69, 9.17) is 19.6 Å². The van der Waals surface area contributed by atoms with Crippen LogP contribution in [0, 0.1) is 0 Å². The van der Waals surface area contributed by atoms with Crippen LogP contribution in [0.4, 0.5) is 0 Å². The molecule has 1 saturated heterocycles. The van der Waals surface area contributed by atoms with Gasteiger partial charge in [-0.1, -0.05) is 0 Å². The van der Waals surface area contributed by atoms with Gasteiger partial charge in [0.2, 0.25) is 0 Å². The van der Waals surface area contributed by atoms with E-state index in [9.17, 15) is 14.2 Å². The second kappa shape index (κ2) is 4.81. The Morgan fingerprint density at radius 3 is 1.81 bits per heavy atom. The molecule has 1 unspecified atom stereocenters. The second-order valence-corrected chi connectivity index (χ2v) is 7.32. The van der Waals surface area contributed by atoms with E-state index in [1.165, 1.54) is 0 Å². The summed E-state index contributed by atoms with van der Waals surface area (Å²) in [6.45, 7) is 0.354. The van der Waals surface area contributed by atoms with Crippen molar-refractivity contribution in [1.29, 1.82) is 0 Å². The highest BCUT2D eigenvalue weighted by molar-refractivity contribution is 7.72. The van der Waals surface area contributed by atoms with E-state index in [0.717, 1.165) is 0 Å². The van der Waals surface area contributed by atoms with Gasteiger partial charge in [0, 0.05) is 0 Å². The van der Waals surface area contributed by atoms with Gasteiger partial charge in [0.05, 0.1) is 6.04 Å². The third-order valence-corrected chi connectivity index (χ3v) is 6.29. The van der Waals surface area contributed by atoms with E-state index < -0.39 is 26.3 Å². The van der Waals surface area contributed by atoms with Gasteiger partial charge in [-0.05, 0) is 19.4 Å². The maximum Gasteiger partial charge on any atom is 0.371 e. The summed E-state index contributed by atoms with van der Waals surface area (Å²) in [6.07, 6.45) is 0.597. The lowest BCUT2D eigenvalue weighted by molar-refractivity contribution is 0.101. The number of rotatable bonds is 3. The van der Waals surface area contributed by atoms with E-state index in [2.05, 4.69) is 5.32 Å². The Labute approximate surface area is 91.1 Å². The Balaban J connectivity index is 0.00000225. The fraction of sp³-hybridized carbons (Fsp3) is 1.00. The largest absolute Gasteiger partial charge is 0.412 e. The number of nitrogens with one attached hydrogen (secondary N) is 1. The lowest BCUT2D eigenvalue weighted by Gasteiger charge is -2.34. The Morgan fingerprint density at radius 2 is 1.56 bits per heavy atom. The molecule has 0 aromatic heterocycles. The zero-order chi connectivity index (χ0) is 11.9. The maximum atomic E-state index is 11.0. The number of hydrogen-bond donors (Lipinski definition) is 6. The molecule has 1 atom stereocenters. The molecule has 9 nitrogen and oxygen atoms in total. The standard InChI is InChI=1S/C5H13NO7P2.H2O/c7-5(14(8,9)10,15(11,12)13)4-2-1-3-6-4;/h4,6-7H,1-3H2,(H2,8,9,10)(H2,11,12,13);1H2. The van der Waals surface area contributed by atoms with Crippen LogP contribution in [0.3, 0.4) is 0 Å². The molecule has 1 aliphatic heterocycles. The molecule has 1 rings (SSSR count). The fourth-order valence-corrected chi connectivity index (χ4v) is 4.20. The first kappa shape index (κ1) is 16.2. The van der Waals surface area contributed by atoms with Crippen LogP contribution in [0.5, 0.6) is 0 Å². The lowest BCUT2D eigenvalue weighted by atomic mass is 10.2. The summed E-state index contributed by atoms with van der Waals surface area (Å²) in [6, 6.07) is -1.29. The minimum atomic E-state index is -5.33. The zero-order valence-corrected chi connectivity index (χ0v) is 9.93. The van der Waals surface area contributed by atoms with Crippen molar-refractivity contribution in [2.75, 3.05) is 6.54 Å².